The fourth-order valence-corrected chi connectivity index (χ4v) is 2.60. The summed E-state index contributed by atoms with van der Waals surface area (Å²) >= 11 is 6.03. The lowest BCUT2D eigenvalue weighted by Crippen LogP contribution is -2.22. The first kappa shape index (κ1) is 16.2. The van der Waals surface area contributed by atoms with Crippen LogP contribution in [0.1, 0.15) is 25.7 Å². The Morgan fingerprint density at radius 3 is 2.59 bits per heavy atom. The van der Waals surface area contributed by atoms with Crippen LogP contribution in [0.2, 0.25) is 5.02 Å². The Balaban J connectivity index is 2.09. The summed E-state index contributed by atoms with van der Waals surface area (Å²) in [5.74, 6) is -0.460. The van der Waals surface area contributed by atoms with Gasteiger partial charge in [0, 0.05) is 25.0 Å². The monoisotopic (exact) mass is 318 g/mol. The first-order valence-corrected chi connectivity index (χ1v) is 7.70. The molecule has 1 fully saturated rings. The van der Waals surface area contributed by atoms with Gasteiger partial charge in [-0.3, -0.25) is 4.79 Å². The van der Waals surface area contributed by atoms with Crippen molar-refractivity contribution in [2.75, 3.05) is 24.1 Å². The molecule has 0 radical (unpaired) electrons. The summed E-state index contributed by atoms with van der Waals surface area (Å²) in [5, 5.41) is 12.2. The van der Waals surface area contributed by atoms with E-state index in [2.05, 4.69) is 5.32 Å². The van der Waals surface area contributed by atoms with Gasteiger partial charge in [0.05, 0.1) is 10.7 Å². The van der Waals surface area contributed by atoms with Crippen LogP contribution in [0.15, 0.2) is 30.0 Å². The van der Waals surface area contributed by atoms with Crippen LogP contribution in [0.4, 0.5) is 11.4 Å². The maximum Gasteiger partial charge on any atom is 0.267 e. The second kappa shape index (κ2) is 7.71. The number of nitriles is 1. The van der Waals surface area contributed by atoms with Crippen LogP contribution < -0.4 is 11.1 Å². The zero-order valence-electron chi connectivity index (χ0n) is 12.3. The fraction of sp³-hybridized carbons (Fsp3) is 0.375. The first-order valence-electron chi connectivity index (χ1n) is 7.32. The number of carbonyl (C=O) groups excluding carboxylic acids is 1. The predicted octanol–water partition coefficient (Wildman–Crippen LogP) is 3.14. The summed E-state index contributed by atoms with van der Waals surface area (Å²) in [6.07, 6.45) is 6.20. The summed E-state index contributed by atoms with van der Waals surface area (Å²) in [6, 6.07) is 6.78. The molecule has 1 aromatic carbocycles. The van der Waals surface area contributed by atoms with E-state index in [1.807, 2.05) is 11.0 Å². The number of rotatable bonds is 3. The molecule has 116 valence electrons. The Morgan fingerprint density at radius 2 is 2.00 bits per heavy atom. The molecule has 1 heterocycles. The number of anilines is 2. The van der Waals surface area contributed by atoms with Crippen LogP contribution >= 0.6 is 11.6 Å². The second-order valence-electron chi connectivity index (χ2n) is 5.30. The maximum atomic E-state index is 12.2. The van der Waals surface area contributed by atoms with Gasteiger partial charge in [-0.1, -0.05) is 24.4 Å². The average Bonchev–Trinajstić information content (AvgIpc) is 2.76. The van der Waals surface area contributed by atoms with Crippen molar-refractivity contribution in [2.24, 2.45) is 0 Å². The van der Waals surface area contributed by atoms with Gasteiger partial charge >= 0.3 is 0 Å². The Labute approximate surface area is 135 Å². The van der Waals surface area contributed by atoms with Gasteiger partial charge in [-0.15, -0.1) is 0 Å². The predicted molar refractivity (Wildman–Crippen MR) is 88.2 cm³/mol. The number of nitrogens with two attached hydrogens (primary N) is 1. The van der Waals surface area contributed by atoms with Gasteiger partial charge in [0.1, 0.15) is 11.6 Å². The minimum absolute atomic E-state index is 0.0785. The van der Waals surface area contributed by atoms with Crippen molar-refractivity contribution in [2.45, 2.75) is 25.7 Å². The minimum Gasteiger partial charge on any atom is -0.399 e. The van der Waals surface area contributed by atoms with Crippen molar-refractivity contribution < 1.29 is 4.79 Å². The normalized spacial score (nSPS) is 15.8. The third-order valence-corrected chi connectivity index (χ3v) is 3.87. The minimum atomic E-state index is -0.460. The largest absolute Gasteiger partial charge is 0.399 e. The van der Waals surface area contributed by atoms with Crippen molar-refractivity contribution in [1.82, 2.24) is 4.90 Å². The van der Waals surface area contributed by atoms with Crippen LogP contribution in [-0.2, 0) is 4.79 Å². The average molecular weight is 319 g/mol. The molecule has 0 spiro atoms. The Kier molecular flexibility index (Phi) is 5.68. The van der Waals surface area contributed by atoms with Gasteiger partial charge in [0.25, 0.3) is 5.91 Å². The summed E-state index contributed by atoms with van der Waals surface area (Å²) in [6.45, 7) is 1.75. The summed E-state index contributed by atoms with van der Waals surface area (Å²) in [7, 11) is 0. The van der Waals surface area contributed by atoms with Gasteiger partial charge in [-0.25, -0.2) is 0 Å². The molecule has 1 saturated heterocycles. The standard InChI is InChI=1S/C16H19ClN4O/c17-14-9-13(19)5-6-15(14)20-16(22)12(10-18)11-21-7-3-1-2-4-8-21/h5-6,9,11H,1-4,7-8,19H2,(H,20,22)/b12-11-. The van der Waals surface area contributed by atoms with Crippen molar-refractivity contribution in [3.63, 3.8) is 0 Å². The van der Waals surface area contributed by atoms with Crippen LogP contribution in [0.3, 0.4) is 0 Å². The van der Waals surface area contributed by atoms with E-state index in [9.17, 15) is 10.1 Å². The SMILES string of the molecule is N#C/C(=C/N1CCCCCC1)C(=O)Nc1ccc(N)cc1Cl. The zero-order valence-corrected chi connectivity index (χ0v) is 13.1. The highest BCUT2D eigenvalue weighted by atomic mass is 35.5. The molecular formula is C16H19ClN4O. The quantitative estimate of drug-likeness (QED) is 0.509. The lowest BCUT2D eigenvalue weighted by molar-refractivity contribution is -0.112. The van der Waals surface area contributed by atoms with Crippen LogP contribution in [0, 0.1) is 11.3 Å². The van der Waals surface area contributed by atoms with Gasteiger partial charge in [0.2, 0.25) is 0 Å². The number of hydrogen-bond donors (Lipinski definition) is 2. The zero-order chi connectivity index (χ0) is 15.9. The third-order valence-electron chi connectivity index (χ3n) is 3.56. The summed E-state index contributed by atoms with van der Waals surface area (Å²) in [5.41, 5.74) is 6.65. The number of nitrogen functional groups attached to an aromatic ring is 1. The number of amides is 1. The molecule has 0 unspecified atom stereocenters. The number of hydrogen-bond acceptors (Lipinski definition) is 4. The fourth-order valence-electron chi connectivity index (χ4n) is 2.37. The van der Waals surface area contributed by atoms with Gasteiger partial charge in [-0.2, -0.15) is 5.26 Å². The van der Waals surface area contributed by atoms with Gasteiger partial charge in [0.15, 0.2) is 0 Å². The van der Waals surface area contributed by atoms with Crippen LogP contribution in [-0.4, -0.2) is 23.9 Å². The van der Waals surface area contributed by atoms with E-state index in [0.717, 1.165) is 25.9 Å². The molecular weight excluding hydrogens is 300 g/mol. The molecule has 1 aromatic rings. The van der Waals surface area contributed by atoms with Gasteiger partial charge < -0.3 is 16.0 Å². The molecule has 3 N–H and O–H groups in total. The molecule has 0 aliphatic carbocycles. The Hall–Kier alpha value is -2.19. The number of benzene rings is 1. The van der Waals surface area contributed by atoms with Crippen molar-refractivity contribution in [3.05, 3.63) is 35.0 Å². The molecule has 1 aliphatic rings. The second-order valence-corrected chi connectivity index (χ2v) is 5.71. The van der Waals surface area contributed by atoms with E-state index >= 15 is 0 Å². The molecule has 22 heavy (non-hydrogen) atoms. The summed E-state index contributed by atoms with van der Waals surface area (Å²) in [4.78, 5) is 14.3. The topological polar surface area (TPSA) is 82.2 Å². The van der Waals surface area contributed by atoms with E-state index in [1.165, 1.54) is 12.8 Å². The number of nitrogens with zero attached hydrogens (tertiary/aromatic N) is 2. The van der Waals surface area contributed by atoms with Crippen LogP contribution in [0.5, 0.6) is 0 Å². The number of nitrogens with one attached hydrogen (secondary N) is 1. The Morgan fingerprint density at radius 1 is 1.32 bits per heavy atom. The summed E-state index contributed by atoms with van der Waals surface area (Å²) < 4.78 is 0. The molecule has 5 nitrogen and oxygen atoms in total. The van der Waals surface area contributed by atoms with E-state index in [4.69, 9.17) is 17.3 Å². The van der Waals surface area contributed by atoms with E-state index < -0.39 is 5.91 Å². The molecule has 6 heteroatoms. The molecule has 1 amide bonds. The Bertz CT molecular complexity index is 613. The highest BCUT2D eigenvalue weighted by Gasteiger charge is 2.14. The molecule has 0 atom stereocenters. The van der Waals surface area contributed by atoms with Crippen LogP contribution in [0.25, 0.3) is 0 Å². The van der Waals surface area contributed by atoms with Crippen molar-refractivity contribution in [1.29, 1.82) is 5.26 Å². The number of carbonyl (C=O) groups is 1. The van der Waals surface area contributed by atoms with E-state index in [-0.39, 0.29) is 5.57 Å². The van der Waals surface area contributed by atoms with Gasteiger partial charge in [-0.05, 0) is 31.0 Å². The first-order chi connectivity index (χ1) is 10.6. The van der Waals surface area contributed by atoms with Crippen molar-refractivity contribution in [3.8, 4) is 6.07 Å². The third kappa shape index (κ3) is 4.40. The lowest BCUT2D eigenvalue weighted by atomic mass is 10.2. The van der Waals surface area contributed by atoms with Crippen molar-refractivity contribution >= 4 is 28.9 Å². The highest BCUT2D eigenvalue weighted by molar-refractivity contribution is 6.34. The van der Waals surface area contributed by atoms with E-state index in [1.54, 1.807) is 24.4 Å². The molecule has 0 aromatic heterocycles. The number of likely N-dealkylation sites (tertiary alicyclic amines) is 1. The molecule has 1 aliphatic heterocycles. The number of halogens is 1. The molecule has 0 saturated carbocycles. The molecule has 2 rings (SSSR count). The molecule has 0 bridgehead atoms. The van der Waals surface area contributed by atoms with E-state index in [0.29, 0.717) is 16.4 Å². The lowest BCUT2D eigenvalue weighted by Gasteiger charge is -2.17. The highest BCUT2D eigenvalue weighted by Crippen LogP contribution is 2.24. The smallest absolute Gasteiger partial charge is 0.267 e. The maximum absolute atomic E-state index is 12.2.